The molecule has 0 aliphatic rings. The van der Waals surface area contributed by atoms with Gasteiger partial charge in [0.2, 0.25) is 12.4 Å². The molecular weight excluding hydrogens is 284 g/mol. The van der Waals surface area contributed by atoms with E-state index in [1.54, 1.807) is 48.3 Å². The second kappa shape index (κ2) is 7.40. The summed E-state index contributed by atoms with van der Waals surface area (Å²) in [6.45, 7) is 1.97. The minimum atomic E-state index is -1.04. The molecule has 1 aromatic heterocycles. The van der Waals surface area contributed by atoms with Crippen molar-refractivity contribution >= 4 is 11.9 Å². The number of hydrogen-bond donors (Lipinski definition) is 0. The van der Waals surface area contributed by atoms with Crippen LogP contribution in [0.1, 0.15) is 18.6 Å². The normalized spacial score (nSPS) is 11.7. The predicted octanol–water partition coefficient (Wildman–Crippen LogP) is 1.16. The molecule has 22 heavy (non-hydrogen) atoms. The van der Waals surface area contributed by atoms with E-state index in [0.29, 0.717) is 5.56 Å². The maximum atomic E-state index is 12.1. The van der Waals surface area contributed by atoms with E-state index in [-0.39, 0.29) is 13.2 Å². The first-order valence-corrected chi connectivity index (χ1v) is 7.02. The molecule has 0 saturated heterocycles. The SMILES string of the molecule is CCOC(=O)[C@@H](OC(=O)C[n+]1ccn(C)c1)c1ccccc1. The minimum Gasteiger partial charge on any atom is -0.463 e. The first-order chi connectivity index (χ1) is 10.6. The first-order valence-electron chi connectivity index (χ1n) is 7.02. The Kier molecular flexibility index (Phi) is 5.30. The van der Waals surface area contributed by atoms with Gasteiger partial charge in [0.25, 0.3) is 0 Å². The van der Waals surface area contributed by atoms with Gasteiger partial charge < -0.3 is 9.47 Å². The second-order valence-electron chi connectivity index (χ2n) is 4.78. The molecule has 6 nitrogen and oxygen atoms in total. The van der Waals surface area contributed by atoms with Crippen molar-refractivity contribution in [3.05, 3.63) is 54.6 Å². The lowest BCUT2D eigenvalue weighted by atomic mass is 10.1. The molecule has 2 rings (SSSR count). The monoisotopic (exact) mass is 303 g/mol. The van der Waals surface area contributed by atoms with Gasteiger partial charge in [-0.1, -0.05) is 30.3 Å². The van der Waals surface area contributed by atoms with Crippen molar-refractivity contribution in [3.63, 3.8) is 0 Å². The lowest BCUT2D eigenvalue weighted by Crippen LogP contribution is -2.37. The summed E-state index contributed by atoms with van der Waals surface area (Å²) in [6.07, 6.45) is 4.28. The fraction of sp³-hybridized carbons (Fsp3) is 0.312. The van der Waals surface area contributed by atoms with Crippen LogP contribution in [0.3, 0.4) is 0 Å². The number of ether oxygens (including phenoxy) is 2. The molecule has 6 heteroatoms. The zero-order valence-electron chi connectivity index (χ0n) is 12.6. The molecule has 0 amide bonds. The van der Waals surface area contributed by atoms with Crippen molar-refractivity contribution < 1.29 is 23.6 Å². The molecule has 1 atom stereocenters. The quantitative estimate of drug-likeness (QED) is 0.593. The maximum Gasteiger partial charge on any atom is 0.352 e. The summed E-state index contributed by atoms with van der Waals surface area (Å²) in [6, 6.07) is 8.84. The van der Waals surface area contributed by atoms with Crippen molar-refractivity contribution in [2.75, 3.05) is 6.61 Å². The highest BCUT2D eigenvalue weighted by molar-refractivity contribution is 5.80. The summed E-state index contributed by atoms with van der Waals surface area (Å²) in [5.74, 6) is -1.07. The summed E-state index contributed by atoms with van der Waals surface area (Å²) in [4.78, 5) is 24.1. The Morgan fingerprint density at radius 1 is 1.27 bits per heavy atom. The van der Waals surface area contributed by atoms with Gasteiger partial charge in [-0.15, -0.1) is 0 Å². The molecule has 1 heterocycles. The summed E-state index contributed by atoms with van der Waals surface area (Å²) in [5, 5.41) is 0. The van der Waals surface area contributed by atoms with Crippen LogP contribution in [0.5, 0.6) is 0 Å². The number of aromatic nitrogens is 2. The van der Waals surface area contributed by atoms with Crippen molar-refractivity contribution in [1.82, 2.24) is 4.57 Å². The second-order valence-corrected chi connectivity index (χ2v) is 4.78. The highest BCUT2D eigenvalue weighted by atomic mass is 16.6. The molecular formula is C16H19N2O4+. The summed E-state index contributed by atoms with van der Waals surface area (Å²) in [7, 11) is 1.85. The van der Waals surface area contributed by atoms with E-state index in [1.807, 2.05) is 23.9 Å². The van der Waals surface area contributed by atoms with Crippen molar-refractivity contribution in [1.29, 1.82) is 0 Å². The number of esters is 2. The third kappa shape index (κ3) is 4.18. The Hall–Kier alpha value is -2.63. The molecule has 0 fully saturated rings. The van der Waals surface area contributed by atoms with Crippen molar-refractivity contribution in [3.8, 4) is 0 Å². The number of benzene rings is 1. The van der Waals surface area contributed by atoms with Crippen LogP contribution >= 0.6 is 0 Å². The number of aryl methyl sites for hydroxylation is 1. The van der Waals surface area contributed by atoms with Crippen LogP contribution in [-0.4, -0.2) is 23.1 Å². The highest BCUT2D eigenvalue weighted by Gasteiger charge is 2.27. The van der Waals surface area contributed by atoms with E-state index >= 15 is 0 Å². The Morgan fingerprint density at radius 3 is 2.59 bits per heavy atom. The van der Waals surface area contributed by atoms with Crippen LogP contribution in [0.2, 0.25) is 0 Å². The van der Waals surface area contributed by atoms with Gasteiger partial charge in [-0.05, 0) is 6.92 Å². The van der Waals surface area contributed by atoms with Crippen LogP contribution in [-0.2, 0) is 32.7 Å². The van der Waals surface area contributed by atoms with E-state index in [2.05, 4.69) is 0 Å². The molecule has 0 N–H and O–H groups in total. The van der Waals surface area contributed by atoms with Crippen molar-refractivity contribution in [2.24, 2.45) is 7.05 Å². The van der Waals surface area contributed by atoms with Crippen molar-refractivity contribution in [2.45, 2.75) is 19.6 Å². The maximum absolute atomic E-state index is 12.1. The van der Waals surface area contributed by atoms with Gasteiger partial charge in [0.15, 0.2) is 6.54 Å². The molecule has 0 saturated carbocycles. The molecule has 0 aliphatic heterocycles. The summed E-state index contributed by atoms with van der Waals surface area (Å²) in [5.41, 5.74) is 0.590. The van der Waals surface area contributed by atoms with E-state index in [4.69, 9.17) is 9.47 Å². The molecule has 0 bridgehead atoms. The fourth-order valence-corrected chi connectivity index (χ4v) is 2.01. The number of imidazole rings is 1. The zero-order chi connectivity index (χ0) is 15.9. The number of nitrogens with zero attached hydrogens (tertiary/aromatic N) is 2. The molecule has 0 aliphatic carbocycles. The van der Waals surface area contributed by atoms with Gasteiger partial charge in [0.1, 0.15) is 12.4 Å². The molecule has 1 aromatic carbocycles. The first kappa shape index (κ1) is 15.8. The number of hydrogen-bond acceptors (Lipinski definition) is 4. The lowest BCUT2D eigenvalue weighted by Gasteiger charge is -2.16. The van der Waals surface area contributed by atoms with Gasteiger partial charge in [-0.25, -0.2) is 18.7 Å². The number of rotatable bonds is 6. The van der Waals surface area contributed by atoms with Crippen LogP contribution < -0.4 is 4.57 Å². The van der Waals surface area contributed by atoms with E-state index in [0.717, 1.165) is 0 Å². The van der Waals surface area contributed by atoms with Gasteiger partial charge in [0.05, 0.1) is 13.7 Å². The molecule has 116 valence electrons. The molecule has 0 unspecified atom stereocenters. The molecule has 0 radical (unpaired) electrons. The van der Waals surface area contributed by atoms with Crippen LogP contribution in [0, 0.1) is 0 Å². The Bertz CT molecular complexity index is 637. The smallest absolute Gasteiger partial charge is 0.352 e. The number of carbonyl (C=O) groups excluding carboxylic acids is 2. The average molecular weight is 303 g/mol. The zero-order valence-corrected chi connectivity index (χ0v) is 12.6. The van der Waals surface area contributed by atoms with E-state index in [1.165, 1.54) is 0 Å². The van der Waals surface area contributed by atoms with Gasteiger partial charge in [-0.3, -0.25) is 0 Å². The van der Waals surface area contributed by atoms with Gasteiger partial charge in [-0.2, -0.15) is 0 Å². The van der Waals surface area contributed by atoms with Crippen LogP contribution in [0.15, 0.2) is 49.1 Å². The summed E-state index contributed by atoms with van der Waals surface area (Å²) >= 11 is 0. The number of carbonyl (C=O) groups is 2. The fourth-order valence-electron chi connectivity index (χ4n) is 2.01. The highest BCUT2D eigenvalue weighted by Crippen LogP contribution is 2.19. The largest absolute Gasteiger partial charge is 0.463 e. The summed E-state index contributed by atoms with van der Waals surface area (Å²) < 4.78 is 13.8. The lowest BCUT2D eigenvalue weighted by molar-refractivity contribution is -0.685. The third-order valence-corrected chi connectivity index (χ3v) is 2.99. The molecule has 0 spiro atoms. The average Bonchev–Trinajstić information content (AvgIpc) is 2.91. The van der Waals surface area contributed by atoms with E-state index < -0.39 is 18.0 Å². The Balaban J connectivity index is 2.09. The Morgan fingerprint density at radius 2 is 2.00 bits per heavy atom. The predicted molar refractivity (Wildman–Crippen MR) is 77.5 cm³/mol. The standard InChI is InChI=1S/C16H19N2O4/c1-3-21-16(20)15(13-7-5-4-6-8-13)22-14(19)11-18-10-9-17(2)12-18/h4-10,12,15H,3,11H2,1-2H3/q+1/t15-/m0/s1. The minimum absolute atomic E-state index is 0.0313. The van der Waals surface area contributed by atoms with Crippen LogP contribution in [0.25, 0.3) is 0 Å². The molecule has 2 aromatic rings. The van der Waals surface area contributed by atoms with Gasteiger partial charge >= 0.3 is 11.9 Å². The Labute approximate surface area is 128 Å². The van der Waals surface area contributed by atoms with E-state index in [9.17, 15) is 9.59 Å². The van der Waals surface area contributed by atoms with Gasteiger partial charge in [0, 0.05) is 5.56 Å². The van der Waals surface area contributed by atoms with Crippen LogP contribution in [0.4, 0.5) is 0 Å². The topological polar surface area (TPSA) is 61.4 Å². The third-order valence-electron chi connectivity index (χ3n) is 2.99.